The summed E-state index contributed by atoms with van der Waals surface area (Å²) in [6.45, 7) is 3.66. The van der Waals surface area contributed by atoms with Gasteiger partial charge in [-0.15, -0.1) is 16.4 Å². The number of hydrogen-bond acceptors (Lipinski definition) is 4. The topological polar surface area (TPSA) is 59.8 Å². The Morgan fingerprint density at radius 3 is 2.70 bits per heavy atom. The predicted molar refractivity (Wildman–Crippen MR) is 86.3 cm³/mol. The van der Waals surface area contributed by atoms with Crippen LogP contribution in [0, 0.1) is 12.7 Å². The molecule has 0 radical (unpaired) electrons. The van der Waals surface area contributed by atoms with Crippen molar-refractivity contribution in [2.75, 3.05) is 0 Å². The standard InChI is InChI=1S/C16H15FN4OS/c1-10(14-4-3-9-23-14)18-16(22)15-19-11(2)21(20-15)13-7-5-12(17)6-8-13/h3-10H,1-2H3,(H,18,22)/t10-/m1/s1. The predicted octanol–water partition coefficient (Wildman–Crippen LogP) is 3.27. The molecule has 2 aromatic heterocycles. The van der Waals surface area contributed by atoms with Crippen LogP contribution in [0.15, 0.2) is 41.8 Å². The number of thiophene rings is 1. The van der Waals surface area contributed by atoms with Crippen LogP contribution in [0.4, 0.5) is 4.39 Å². The molecule has 1 N–H and O–H groups in total. The molecule has 3 aromatic rings. The van der Waals surface area contributed by atoms with E-state index in [9.17, 15) is 9.18 Å². The molecule has 0 bridgehead atoms. The van der Waals surface area contributed by atoms with Crippen LogP contribution in [0.25, 0.3) is 5.69 Å². The number of carbonyl (C=O) groups is 1. The molecule has 23 heavy (non-hydrogen) atoms. The lowest BCUT2D eigenvalue weighted by atomic mass is 10.3. The van der Waals surface area contributed by atoms with Crippen LogP contribution in [0.5, 0.6) is 0 Å². The Morgan fingerprint density at radius 2 is 2.04 bits per heavy atom. The minimum atomic E-state index is -0.338. The number of rotatable bonds is 4. The smallest absolute Gasteiger partial charge is 0.291 e. The Balaban J connectivity index is 1.80. The number of aryl methyl sites for hydroxylation is 1. The van der Waals surface area contributed by atoms with Gasteiger partial charge in [0.25, 0.3) is 5.91 Å². The average molecular weight is 330 g/mol. The Morgan fingerprint density at radius 1 is 1.30 bits per heavy atom. The third-order valence-corrected chi connectivity index (χ3v) is 4.42. The summed E-state index contributed by atoms with van der Waals surface area (Å²) < 4.78 is 14.5. The van der Waals surface area contributed by atoms with Gasteiger partial charge < -0.3 is 5.32 Å². The van der Waals surface area contributed by atoms with Gasteiger partial charge in [-0.3, -0.25) is 4.79 Å². The summed E-state index contributed by atoms with van der Waals surface area (Å²) in [5, 5.41) is 9.05. The third kappa shape index (κ3) is 3.29. The van der Waals surface area contributed by atoms with Crippen LogP contribution in [0.1, 0.15) is 34.3 Å². The second-order valence-corrected chi connectivity index (χ2v) is 6.06. The van der Waals surface area contributed by atoms with Gasteiger partial charge in [-0.05, 0) is 49.6 Å². The number of amides is 1. The Hall–Kier alpha value is -2.54. The molecule has 1 aromatic carbocycles. The maximum Gasteiger partial charge on any atom is 0.291 e. The zero-order valence-electron chi connectivity index (χ0n) is 12.7. The molecule has 7 heteroatoms. The molecule has 0 saturated heterocycles. The molecular weight excluding hydrogens is 315 g/mol. The number of carbonyl (C=O) groups excluding carboxylic acids is 1. The summed E-state index contributed by atoms with van der Waals surface area (Å²) in [5.41, 5.74) is 0.654. The highest BCUT2D eigenvalue weighted by Crippen LogP contribution is 2.18. The Labute approximate surface area is 136 Å². The quantitative estimate of drug-likeness (QED) is 0.799. The van der Waals surface area contributed by atoms with Crippen molar-refractivity contribution >= 4 is 17.2 Å². The van der Waals surface area contributed by atoms with E-state index in [1.165, 1.54) is 16.8 Å². The highest BCUT2D eigenvalue weighted by Gasteiger charge is 2.18. The van der Waals surface area contributed by atoms with Crippen molar-refractivity contribution in [2.45, 2.75) is 19.9 Å². The van der Waals surface area contributed by atoms with Crippen LogP contribution in [-0.2, 0) is 0 Å². The van der Waals surface area contributed by atoms with Crippen LogP contribution in [0.3, 0.4) is 0 Å². The van der Waals surface area contributed by atoms with Gasteiger partial charge >= 0.3 is 0 Å². The van der Waals surface area contributed by atoms with Crippen molar-refractivity contribution < 1.29 is 9.18 Å². The molecule has 0 aliphatic rings. The van der Waals surface area contributed by atoms with Gasteiger partial charge in [0.1, 0.15) is 11.6 Å². The van der Waals surface area contributed by atoms with E-state index in [1.807, 2.05) is 24.4 Å². The van der Waals surface area contributed by atoms with Crippen molar-refractivity contribution in [3.8, 4) is 5.69 Å². The zero-order valence-corrected chi connectivity index (χ0v) is 13.5. The number of aromatic nitrogens is 3. The van der Waals surface area contributed by atoms with E-state index in [0.717, 1.165) is 4.88 Å². The van der Waals surface area contributed by atoms with E-state index in [4.69, 9.17) is 0 Å². The van der Waals surface area contributed by atoms with Crippen LogP contribution in [0.2, 0.25) is 0 Å². The molecule has 0 fully saturated rings. The number of hydrogen-bond donors (Lipinski definition) is 1. The highest BCUT2D eigenvalue weighted by molar-refractivity contribution is 7.10. The molecular formula is C16H15FN4OS. The van der Waals surface area contributed by atoms with E-state index in [-0.39, 0.29) is 23.6 Å². The fraction of sp³-hybridized carbons (Fsp3) is 0.188. The van der Waals surface area contributed by atoms with Crippen molar-refractivity contribution in [1.82, 2.24) is 20.1 Å². The van der Waals surface area contributed by atoms with Crippen molar-refractivity contribution in [3.05, 3.63) is 64.1 Å². The molecule has 0 unspecified atom stereocenters. The molecule has 0 aliphatic carbocycles. The lowest BCUT2D eigenvalue weighted by Crippen LogP contribution is -2.27. The summed E-state index contributed by atoms with van der Waals surface area (Å²) in [5.74, 6) is -0.00937. The summed E-state index contributed by atoms with van der Waals surface area (Å²) in [4.78, 5) is 17.6. The molecule has 0 aliphatic heterocycles. The first-order valence-corrected chi connectivity index (χ1v) is 7.96. The van der Waals surface area contributed by atoms with E-state index in [0.29, 0.717) is 11.5 Å². The number of halogens is 1. The zero-order chi connectivity index (χ0) is 16.4. The fourth-order valence-electron chi connectivity index (χ4n) is 2.18. The van der Waals surface area contributed by atoms with Crippen LogP contribution >= 0.6 is 11.3 Å². The third-order valence-electron chi connectivity index (χ3n) is 3.36. The first-order valence-electron chi connectivity index (χ1n) is 7.08. The minimum absolute atomic E-state index is 0.0928. The second kappa shape index (κ2) is 6.29. The summed E-state index contributed by atoms with van der Waals surface area (Å²) in [6.07, 6.45) is 0. The van der Waals surface area contributed by atoms with Crippen LogP contribution in [-0.4, -0.2) is 20.7 Å². The first-order chi connectivity index (χ1) is 11.0. The van der Waals surface area contributed by atoms with Crippen molar-refractivity contribution in [2.24, 2.45) is 0 Å². The van der Waals surface area contributed by atoms with E-state index < -0.39 is 0 Å². The molecule has 1 atom stereocenters. The molecule has 0 saturated carbocycles. The molecule has 118 valence electrons. The molecule has 0 spiro atoms. The maximum atomic E-state index is 13.0. The van der Waals surface area contributed by atoms with Gasteiger partial charge in [0.2, 0.25) is 5.82 Å². The monoisotopic (exact) mass is 330 g/mol. The van der Waals surface area contributed by atoms with Gasteiger partial charge in [0.05, 0.1) is 11.7 Å². The molecule has 1 amide bonds. The molecule has 5 nitrogen and oxygen atoms in total. The van der Waals surface area contributed by atoms with E-state index in [1.54, 1.807) is 30.4 Å². The Bertz CT molecular complexity index is 811. The molecule has 2 heterocycles. The fourth-order valence-corrected chi connectivity index (χ4v) is 2.92. The summed E-state index contributed by atoms with van der Waals surface area (Å²) in [7, 11) is 0. The minimum Gasteiger partial charge on any atom is -0.342 e. The van der Waals surface area contributed by atoms with E-state index >= 15 is 0 Å². The van der Waals surface area contributed by atoms with Gasteiger partial charge in [0.15, 0.2) is 0 Å². The van der Waals surface area contributed by atoms with Crippen molar-refractivity contribution in [1.29, 1.82) is 0 Å². The Kier molecular flexibility index (Phi) is 4.20. The van der Waals surface area contributed by atoms with E-state index in [2.05, 4.69) is 15.4 Å². The van der Waals surface area contributed by atoms with Crippen LogP contribution < -0.4 is 5.32 Å². The first kappa shape index (κ1) is 15.4. The number of nitrogens with zero attached hydrogens (tertiary/aromatic N) is 3. The summed E-state index contributed by atoms with van der Waals surface area (Å²) in [6, 6.07) is 9.66. The number of benzene rings is 1. The average Bonchev–Trinajstić information content (AvgIpc) is 3.17. The highest BCUT2D eigenvalue weighted by atomic mass is 32.1. The number of nitrogens with one attached hydrogen (secondary N) is 1. The lowest BCUT2D eigenvalue weighted by Gasteiger charge is -2.10. The van der Waals surface area contributed by atoms with Gasteiger partial charge in [0, 0.05) is 4.88 Å². The van der Waals surface area contributed by atoms with Gasteiger partial charge in [-0.25, -0.2) is 14.1 Å². The lowest BCUT2D eigenvalue weighted by molar-refractivity contribution is 0.0930. The maximum absolute atomic E-state index is 13.0. The summed E-state index contributed by atoms with van der Waals surface area (Å²) >= 11 is 1.58. The normalized spacial score (nSPS) is 12.1. The largest absolute Gasteiger partial charge is 0.342 e. The molecule has 3 rings (SSSR count). The van der Waals surface area contributed by atoms with Gasteiger partial charge in [-0.1, -0.05) is 6.07 Å². The second-order valence-electron chi connectivity index (χ2n) is 5.08. The van der Waals surface area contributed by atoms with Gasteiger partial charge in [-0.2, -0.15) is 0 Å². The SMILES string of the molecule is Cc1nc(C(=O)N[C@H](C)c2cccs2)nn1-c1ccc(F)cc1. The van der Waals surface area contributed by atoms with Crippen molar-refractivity contribution in [3.63, 3.8) is 0 Å².